The van der Waals surface area contributed by atoms with Crippen LogP contribution in [0, 0.1) is 11.3 Å². The standard InChI is InChI=1S/C16H18N2O4/c1-3-7-21-14-9-11(10-19)8-12-15(14)22-13(4-2)16(20)18(12)6-5-17/h8-10,13H,3-4,6-7H2,1-2H3. The summed E-state index contributed by atoms with van der Waals surface area (Å²) in [7, 11) is 0. The number of benzene rings is 1. The summed E-state index contributed by atoms with van der Waals surface area (Å²) in [6, 6.07) is 5.11. The first-order valence-electron chi connectivity index (χ1n) is 7.27. The zero-order valence-corrected chi connectivity index (χ0v) is 12.7. The highest BCUT2D eigenvalue weighted by Gasteiger charge is 2.35. The molecule has 0 aliphatic carbocycles. The van der Waals surface area contributed by atoms with Crippen molar-refractivity contribution in [2.45, 2.75) is 32.8 Å². The van der Waals surface area contributed by atoms with Crippen LogP contribution in [0.1, 0.15) is 37.0 Å². The summed E-state index contributed by atoms with van der Waals surface area (Å²) < 4.78 is 11.4. The lowest BCUT2D eigenvalue weighted by molar-refractivity contribution is -0.126. The van der Waals surface area contributed by atoms with Gasteiger partial charge in [-0.05, 0) is 25.0 Å². The summed E-state index contributed by atoms with van der Waals surface area (Å²) in [6.07, 6.45) is 1.33. The van der Waals surface area contributed by atoms with E-state index < -0.39 is 6.10 Å². The highest BCUT2D eigenvalue weighted by molar-refractivity contribution is 6.02. The van der Waals surface area contributed by atoms with Gasteiger partial charge in [-0.1, -0.05) is 13.8 Å². The topological polar surface area (TPSA) is 79.6 Å². The van der Waals surface area contributed by atoms with Crippen LogP contribution in [0.3, 0.4) is 0 Å². The Balaban J connectivity index is 2.55. The largest absolute Gasteiger partial charge is 0.490 e. The Kier molecular flexibility index (Phi) is 4.99. The van der Waals surface area contributed by atoms with Crippen molar-refractivity contribution in [1.29, 1.82) is 5.26 Å². The monoisotopic (exact) mass is 302 g/mol. The third-order valence-corrected chi connectivity index (χ3v) is 3.35. The summed E-state index contributed by atoms with van der Waals surface area (Å²) in [5, 5.41) is 8.97. The second kappa shape index (κ2) is 6.94. The van der Waals surface area contributed by atoms with Crippen LogP contribution in [0.5, 0.6) is 11.5 Å². The average Bonchev–Trinajstić information content (AvgIpc) is 2.54. The fraction of sp³-hybridized carbons (Fsp3) is 0.438. The average molecular weight is 302 g/mol. The van der Waals surface area contributed by atoms with Crippen LogP contribution < -0.4 is 14.4 Å². The van der Waals surface area contributed by atoms with E-state index >= 15 is 0 Å². The van der Waals surface area contributed by atoms with Gasteiger partial charge in [-0.2, -0.15) is 5.26 Å². The predicted octanol–water partition coefficient (Wildman–Crippen LogP) is 2.32. The van der Waals surface area contributed by atoms with E-state index in [1.54, 1.807) is 12.1 Å². The number of aldehydes is 1. The minimum absolute atomic E-state index is 0.0960. The summed E-state index contributed by atoms with van der Waals surface area (Å²) in [5.74, 6) is 0.567. The molecule has 0 spiro atoms. The van der Waals surface area contributed by atoms with Crippen LogP contribution in [0.2, 0.25) is 0 Å². The molecule has 0 bridgehead atoms. The molecule has 1 aliphatic heterocycles. The number of amides is 1. The van der Waals surface area contributed by atoms with E-state index in [2.05, 4.69) is 0 Å². The van der Waals surface area contributed by atoms with Crippen LogP contribution in [-0.4, -0.2) is 31.4 Å². The lowest BCUT2D eigenvalue weighted by Crippen LogP contribution is -2.46. The molecule has 1 amide bonds. The Bertz CT molecular complexity index is 621. The molecule has 0 saturated carbocycles. The van der Waals surface area contributed by atoms with Crippen molar-refractivity contribution >= 4 is 17.9 Å². The van der Waals surface area contributed by atoms with Crippen LogP contribution in [0.25, 0.3) is 0 Å². The van der Waals surface area contributed by atoms with E-state index in [0.717, 1.165) is 6.42 Å². The molecule has 0 radical (unpaired) electrons. The number of nitriles is 1. The molecule has 1 aromatic carbocycles. The molecule has 1 unspecified atom stereocenters. The zero-order chi connectivity index (χ0) is 16.1. The molecule has 1 atom stereocenters. The van der Waals surface area contributed by atoms with Gasteiger partial charge >= 0.3 is 0 Å². The highest BCUT2D eigenvalue weighted by atomic mass is 16.5. The number of carbonyl (C=O) groups is 2. The molecule has 22 heavy (non-hydrogen) atoms. The number of ether oxygens (including phenoxy) is 2. The van der Waals surface area contributed by atoms with Gasteiger partial charge in [-0.15, -0.1) is 0 Å². The number of nitrogens with zero attached hydrogens (tertiary/aromatic N) is 2. The second-order valence-corrected chi connectivity index (χ2v) is 4.93. The summed E-state index contributed by atoms with van der Waals surface area (Å²) >= 11 is 0. The van der Waals surface area contributed by atoms with Crippen molar-refractivity contribution in [2.75, 3.05) is 18.1 Å². The van der Waals surface area contributed by atoms with E-state index in [1.165, 1.54) is 4.90 Å². The Morgan fingerprint density at radius 1 is 1.45 bits per heavy atom. The zero-order valence-electron chi connectivity index (χ0n) is 12.7. The van der Waals surface area contributed by atoms with Gasteiger partial charge in [0.05, 0.1) is 18.4 Å². The van der Waals surface area contributed by atoms with E-state index in [9.17, 15) is 9.59 Å². The molecule has 1 aliphatic rings. The SMILES string of the molecule is CCCOc1cc(C=O)cc2c1OC(CC)C(=O)N2CC#N. The highest BCUT2D eigenvalue weighted by Crippen LogP contribution is 2.43. The molecule has 116 valence electrons. The maximum atomic E-state index is 12.4. The maximum Gasteiger partial charge on any atom is 0.269 e. The van der Waals surface area contributed by atoms with Gasteiger partial charge < -0.3 is 9.47 Å². The Morgan fingerprint density at radius 2 is 2.23 bits per heavy atom. The number of hydrogen-bond acceptors (Lipinski definition) is 5. The van der Waals surface area contributed by atoms with Crippen molar-refractivity contribution in [3.63, 3.8) is 0 Å². The van der Waals surface area contributed by atoms with Crippen LogP contribution >= 0.6 is 0 Å². The number of hydrogen-bond donors (Lipinski definition) is 0. The van der Waals surface area contributed by atoms with E-state index in [0.29, 0.717) is 42.1 Å². The van der Waals surface area contributed by atoms with Crippen molar-refractivity contribution in [1.82, 2.24) is 0 Å². The van der Waals surface area contributed by atoms with Crippen LogP contribution in [0.15, 0.2) is 12.1 Å². The van der Waals surface area contributed by atoms with Gasteiger partial charge in [0.15, 0.2) is 17.6 Å². The third-order valence-electron chi connectivity index (χ3n) is 3.35. The molecular weight excluding hydrogens is 284 g/mol. The van der Waals surface area contributed by atoms with Crippen molar-refractivity contribution < 1.29 is 19.1 Å². The molecule has 6 heteroatoms. The summed E-state index contributed by atoms with van der Waals surface area (Å²) in [4.78, 5) is 24.8. The van der Waals surface area contributed by atoms with E-state index in [4.69, 9.17) is 14.7 Å². The van der Waals surface area contributed by atoms with Gasteiger partial charge in [0.1, 0.15) is 12.8 Å². The molecule has 1 aromatic rings. The first-order valence-corrected chi connectivity index (χ1v) is 7.27. The van der Waals surface area contributed by atoms with E-state index in [1.807, 2.05) is 19.9 Å². The lowest BCUT2D eigenvalue weighted by Gasteiger charge is -2.33. The van der Waals surface area contributed by atoms with Gasteiger partial charge in [0, 0.05) is 5.56 Å². The Hall–Kier alpha value is -2.55. The van der Waals surface area contributed by atoms with Gasteiger partial charge in [-0.25, -0.2) is 0 Å². The van der Waals surface area contributed by atoms with Gasteiger partial charge in [0.25, 0.3) is 5.91 Å². The number of rotatable bonds is 6. The molecule has 0 N–H and O–H groups in total. The van der Waals surface area contributed by atoms with Gasteiger partial charge in [-0.3, -0.25) is 14.5 Å². The minimum Gasteiger partial charge on any atom is -0.490 e. The third kappa shape index (κ3) is 2.89. The predicted molar refractivity (Wildman–Crippen MR) is 80.3 cm³/mol. The van der Waals surface area contributed by atoms with Crippen molar-refractivity contribution in [2.24, 2.45) is 0 Å². The molecule has 2 rings (SSSR count). The molecule has 0 fully saturated rings. The first-order chi connectivity index (χ1) is 10.7. The van der Waals surface area contributed by atoms with Crippen LogP contribution in [-0.2, 0) is 4.79 Å². The van der Waals surface area contributed by atoms with Crippen LogP contribution in [0.4, 0.5) is 5.69 Å². The number of anilines is 1. The quantitative estimate of drug-likeness (QED) is 0.595. The second-order valence-electron chi connectivity index (χ2n) is 4.93. The Morgan fingerprint density at radius 3 is 2.82 bits per heavy atom. The summed E-state index contributed by atoms with van der Waals surface area (Å²) in [5.41, 5.74) is 0.783. The Labute approximate surface area is 129 Å². The molecule has 0 aromatic heterocycles. The number of carbonyl (C=O) groups excluding carboxylic acids is 2. The summed E-state index contributed by atoms with van der Waals surface area (Å²) in [6.45, 7) is 4.18. The molecular formula is C16H18N2O4. The normalized spacial score (nSPS) is 16.5. The fourth-order valence-corrected chi connectivity index (χ4v) is 2.29. The number of fused-ring (bicyclic) bond motifs is 1. The first kappa shape index (κ1) is 15.8. The van der Waals surface area contributed by atoms with Crippen molar-refractivity contribution in [3.8, 4) is 17.6 Å². The minimum atomic E-state index is -0.646. The van der Waals surface area contributed by atoms with E-state index in [-0.39, 0.29) is 12.5 Å². The lowest BCUT2D eigenvalue weighted by atomic mass is 10.1. The van der Waals surface area contributed by atoms with Crippen molar-refractivity contribution in [3.05, 3.63) is 17.7 Å². The maximum absolute atomic E-state index is 12.4. The molecule has 6 nitrogen and oxygen atoms in total. The smallest absolute Gasteiger partial charge is 0.269 e. The molecule has 0 saturated heterocycles. The van der Waals surface area contributed by atoms with Gasteiger partial charge in [0.2, 0.25) is 0 Å². The fourth-order valence-electron chi connectivity index (χ4n) is 2.29. The molecule has 1 heterocycles.